The summed E-state index contributed by atoms with van der Waals surface area (Å²) in [5.74, 6) is -0.306. The van der Waals surface area contributed by atoms with Crippen LogP contribution in [0.25, 0.3) is 0 Å². The van der Waals surface area contributed by atoms with Crippen LogP contribution in [0.15, 0.2) is 40.9 Å². The summed E-state index contributed by atoms with van der Waals surface area (Å²) in [7, 11) is 0. The highest BCUT2D eigenvalue weighted by molar-refractivity contribution is 9.10. The molecule has 2 rings (SSSR count). The van der Waals surface area contributed by atoms with Gasteiger partial charge in [-0.1, -0.05) is 17.7 Å². The van der Waals surface area contributed by atoms with Crippen molar-refractivity contribution in [1.82, 2.24) is 0 Å². The Bertz CT molecular complexity index is 679. The molecule has 6 heteroatoms. The predicted molar refractivity (Wildman–Crippen MR) is 84.4 cm³/mol. The normalized spacial score (nSPS) is 10.3. The summed E-state index contributed by atoms with van der Waals surface area (Å²) >= 11 is 9.15. The number of anilines is 1. The van der Waals surface area contributed by atoms with E-state index in [4.69, 9.17) is 16.3 Å². The molecule has 0 heterocycles. The van der Waals surface area contributed by atoms with E-state index in [2.05, 4.69) is 21.2 Å². The second-order valence-electron chi connectivity index (χ2n) is 4.32. The number of carbonyl (C=O) groups excluding carboxylic acids is 1. The molecule has 1 N–H and O–H groups in total. The first-order valence-electron chi connectivity index (χ1n) is 6.10. The average molecular weight is 373 g/mol. The first kappa shape index (κ1) is 15.8. The summed E-state index contributed by atoms with van der Waals surface area (Å²) in [4.78, 5) is 11.9. The molecule has 3 nitrogen and oxygen atoms in total. The molecule has 2 aromatic rings. The van der Waals surface area contributed by atoms with Gasteiger partial charge in [-0.05, 0) is 58.7 Å². The van der Waals surface area contributed by atoms with Crippen LogP contribution in [0.4, 0.5) is 10.1 Å². The predicted octanol–water partition coefficient (Wildman–Crippen LogP) is 4.57. The Balaban J connectivity index is 1.97. The van der Waals surface area contributed by atoms with Gasteiger partial charge in [0.15, 0.2) is 6.61 Å². The van der Waals surface area contributed by atoms with Crippen LogP contribution in [0.1, 0.15) is 5.56 Å². The summed E-state index contributed by atoms with van der Waals surface area (Å²) in [5.41, 5.74) is 1.42. The zero-order valence-electron chi connectivity index (χ0n) is 11.1. The highest BCUT2D eigenvalue weighted by Gasteiger charge is 2.09. The van der Waals surface area contributed by atoms with Crippen LogP contribution < -0.4 is 10.1 Å². The Hall–Kier alpha value is -1.59. The number of nitrogens with one attached hydrogen (secondary N) is 1. The second-order valence-corrected chi connectivity index (χ2v) is 5.59. The highest BCUT2D eigenvalue weighted by Crippen LogP contribution is 2.26. The molecule has 0 saturated carbocycles. The molecule has 21 heavy (non-hydrogen) atoms. The van der Waals surface area contributed by atoms with Crippen molar-refractivity contribution in [2.75, 3.05) is 11.9 Å². The van der Waals surface area contributed by atoms with E-state index in [1.165, 1.54) is 18.2 Å². The fourth-order valence-corrected chi connectivity index (χ4v) is 2.30. The topological polar surface area (TPSA) is 38.3 Å². The molecule has 0 aliphatic heterocycles. The van der Waals surface area contributed by atoms with Crippen LogP contribution in [0.5, 0.6) is 5.75 Å². The summed E-state index contributed by atoms with van der Waals surface area (Å²) in [6, 6.07) is 9.25. The van der Waals surface area contributed by atoms with Crippen LogP contribution >= 0.6 is 27.5 Å². The summed E-state index contributed by atoms with van der Waals surface area (Å²) in [6.45, 7) is 1.63. The number of rotatable bonds is 4. The molecule has 0 spiro atoms. The fourth-order valence-electron chi connectivity index (χ4n) is 1.66. The first-order chi connectivity index (χ1) is 9.97. The average Bonchev–Trinajstić information content (AvgIpc) is 2.43. The molecule has 0 unspecified atom stereocenters. The van der Waals surface area contributed by atoms with Crippen molar-refractivity contribution >= 4 is 39.1 Å². The Morgan fingerprint density at radius 1 is 1.38 bits per heavy atom. The highest BCUT2D eigenvalue weighted by atomic mass is 79.9. The minimum absolute atomic E-state index is 0.184. The number of hydrogen-bond acceptors (Lipinski definition) is 2. The quantitative estimate of drug-likeness (QED) is 0.854. The molecule has 110 valence electrons. The van der Waals surface area contributed by atoms with E-state index in [0.29, 0.717) is 20.9 Å². The van der Waals surface area contributed by atoms with Crippen LogP contribution in [0, 0.1) is 12.7 Å². The maximum Gasteiger partial charge on any atom is 0.262 e. The molecule has 0 aromatic heterocycles. The Kier molecular flexibility index (Phi) is 5.20. The van der Waals surface area contributed by atoms with Crippen molar-refractivity contribution in [3.05, 3.63) is 57.3 Å². The van der Waals surface area contributed by atoms with Crippen molar-refractivity contribution in [1.29, 1.82) is 0 Å². The maximum atomic E-state index is 12.9. The summed E-state index contributed by atoms with van der Waals surface area (Å²) in [5, 5.41) is 3.29. The molecular formula is C15H12BrClFNO2. The lowest BCUT2D eigenvalue weighted by Crippen LogP contribution is -2.20. The van der Waals surface area contributed by atoms with E-state index < -0.39 is 0 Å². The van der Waals surface area contributed by atoms with Crippen LogP contribution in [0.2, 0.25) is 5.02 Å². The van der Waals surface area contributed by atoms with Gasteiger partial charge in [0.25, 0.3) is 5.91 Å². The van der Waals surface area contributed by atoms with Gasteiger partial charge in [0.2, 0.25) is 0 Å². The van der Waals surface area contributed by atoms with Gasteiger partial charge in [-0.3, -0.25) is 4.79 Å². The third-order valence-electron chi connectivity index (χ3n) is 2.79. The third kappa shape index (κ3) is 4.19. The number of halogens is 3. The zero-order valence-corrected chi connectivity index (χ0v) is 13.5. The Morgan fingerprint density at radius 2 is 2.14 bits per heavy atom. The molecule has 0 aliphatic rings. The van der Waals surface area contributed by atoms with Crippen LogP contribution in [0.3, 0.4) is 0 Å². The minimum atomic E-state index is -0.381. The van der Waals surface area contributed by atoms with E-state index >= 15 is 0 Å². The van der Waals surface area contributed by atoms with Gasteiger partial charge in [-0.25, -0.2) is 4.39 Å². The molecular weight excluding hydrogens is 361 g/mol. The molecule has 2 aromatic carbocycles. The summed E-state index contributed by atoms with van der Waals surface area (Å²) in [6.07, 6.45) is 0. The number of amides is 1. The van der Waals surface area contributed by atoms with Gasteiger partial charge in [0.1, 0.15) is 11.6 Å². The molecule has 0 atom stereocenters. The van der Waals surface area contributed by atoms with Gasteiger partial charge in [-0.15, -0.1) is 0 Å². The van der Waals surface area contributed by atoms with Gasteiger partial charge < -0.3 is 10.1 Å². The Labute approximate surface area is 135 Å². The van der Waals surface area contributed by atoms with Gasteiger partial charge in [0, 0.05) is 10.7 Å². The molecule has 0 fully saturated rings. The van der Waals surface area contributed by atoms with Crippen LogP contribution in [-0.2, 0) is 4.79 Å². The van der Waals surface area contributed by atoms with Crippen molar-refractivity contribution in [2.24, 2.45) is 0 Å². The number of hydrogen-bond donors (Lipinski definition) is 1. The zero-order chi connectivity index (χ0) is 15.4. The number of carbonyl (C=O) groups is 1. The smallest absolute Gasteiger partial charge is 0.262 e. The van der Waals surface area contributed by atoms with Crippen LogP contribution in [-0.4, -0.2) is 12.5 Å². The molecule has 0 aliphatic carbocycles. The lowest BCUT2D eigenvalue weighted by Gasteiger charge is -2.11. The SMILES string of the molecule is Cc1c(Cl)cccc1NC(=O)COc1ccc(F)cc1Br. The van der Waals surface area contributed by atoms with Gasteiger partial charge >= 0.3 is 0 Å². The summed E-state index contributed by atoms with van der Waals surface area (Å²) < 4.78 is 18.7. The first-order valence-corrected chi connectivity index (χ1v) is 7.27. The van der Waals surface area contributed by atoms with Gasteiger partial charge in [-0.2, -0.15) is 0 Å². The number of benzene rings is 2. The van der Waals surface area contributed by atoms with Crippen molar-refractivity contribution in [3.63, 3.8) is 0 Å². The van der Waals surface area contributed by atoms with Crippen molar-refractivity contribution < 1.29 is 13.9 Å². The van der Waals surface area contributed by atoms with E-state index in [0.717, 1.165) is 5.56 Å². The van der Waals surface area contributed by atoms with E-state index in [1.807, 2.05) is 6.92 Å². The van der Waals surface area contributed by atoms with E-state index in [9.17, 15) is 9.18 Å². The lowest BCUT2D eigenvalue weighted by atomic mass is 10.2. The van der Waals surface area contributed by atoms with Gasteiger partial charge in [0.05, 0.1) is 4.47 Å². The lowest BCUT2D eigenvalue weighted by molar-refractivity contribution is -0.118. The molecule has 0 radical (unpaired) electrons. The Morgan fingerprint density at radius 3 is 2.86 bits per heavy atom. The van der Waals surface area contributed by atoms with Crippen molar-refractivity contribution in [3.8, 4) is 5.75 Å². The molecule has 0 bridgehead atoms. The maximum absolute atomic E-state index is 12.9. The largest absolute Gasteiger partial charge is 0.483 e. The standard InChI is InChI=1S/C15H12BrClFNO2/c1-9-12(17)3-2-4-13(9)19-15(20)8-21-14-6-5-10(18)7-11(14)16/h2-7H,8H2,1H3,(H,19,20). The fraction of sp³-hybridized carbons (Fsp3) is 0.133. The second kappa shape index (κ2) is 6.91. The monoisotopic (exact) mass is 371 g/mol. The van der Waals surface area contributed by atoms with E-state index in [1.54, 1.807) is 18.2 Å². The molecule has 1 amide bonds. The van der Waals surface area contributed by atoms with E-state index in [-0.39, 0.29) is 18.3 Å². The third-order valence-corrected chi connectivity index (χ3v) is 3.82. The minimum Gasteiger partial charge on any atom is -0.483 e. The molecule has 0 saturated heterocycles. The number of ether oxygens (including phenoxy) is 1. The van der Waals surface area contributed by atoms with Crippen molar-refractivity contribution in [2.45, 2.75) is 6.92 Å².